The zero-order valence-corrected chi connectivity index (χ0v) is 10.2. The third-order valence-electron chi connectivity index (χ3n) is 3.13. The summed E-state index contributed by atoms with van der Waals surface area (Å²) in [5.41, 5.74) is -0.917. The molecule has 0 aromatic carbocycles. The molecule has 1 saturated heterocycles. The molecule has 1 aromatic heterocycles. The zero-order chi connectivity index (χ0) is 14.4. The molecule has 2 atom stereocenters. The molecule has 2 heterocycles. The highest BCUT2D eigenvalue weighted by molar-refractivity contribution is 5.94. The maximum absolute atomic E-state index is 12.6. The van der Waals surface area contributed by atoms with Crippen LogP contribution < -0.4 is 4.90 Å². The summed E-state index contributed by atoms with van der Waals surface area (Å²) in [4.78, 5) is 17.7. The summed E-state index contributed by atoms with van der Waals surface area (Å²) in [6.07, 6.45) is -4.79. The molecule has 1 N–H and O–H groups in total. The van der Waals surface area contributed by atoms with Crippen LogP contribution in [0.4, 0.5) is 23.8 Å². The quantitative estimate of drug-likeness (QED) is 0.848. The van der Waals surface area contributed by atoms with Gasteiger partial charge in [-0.1, -0.05) is 0 Å². The van der Waals surface area contributed by atoms with Gasteiger partial charge in [0.2, 0.25) is 0 Å². The maximum atomic E-state index is 12.6. The number of carbonyl (C=O) groups excluding carboxylic acids is 1. The van der Waals surface area contributed by atoms with Gasteiger partial charge in [-0.3, -0.25) is 0 Å². The second-order valence-electron chi connectivity index (χ2n) is 4.32. The predicted octanol–water partition coefficient (Wildman–Crippen LogP) is 1.68. The lowest BCUT2D eigenvalue weighted by Gasteiger charge is -2.19. The summed E-state index contributed by atoms with van der Waals surface area (Å²) in [6.45, 7) is 1.59. The van der Waals surface area contributed by atoms with E-state index < -0.39 is 30.0 Å². The number of alkyl halides is 3. The second-order valence-corrected chi connectivity index (χ2v) is 4.32. The Morgan fingerprint density at radius 2 is 2.05 bits per heavy atom. The van der Waals surface area contributed by atoms with E-state index in [0.29, 0.717) is 0 Å². The van der Waals surface area contributed by atoms with E-state index in [1.165, 1.54) is 11.9 Å². The van der Waals surface area contributed by atoms with Crippen molar-refractivity contribution in [1.29, 1.82) is 0 Å². The van der Waals surface area contributed by atoms with Crippen LogP contribution in [-0.2, 0) is 6.18 Å². The zero-order valence-electron chi connectivity index (χ0n) is 10.2. The smallest absolute Gasteiger partial charge is 0.371 e. The topological polar surface area (TPSA) is 56.7 Å². The number of halogens is 3. The van der Waals surface area contributed by atoms with E-state index in [4.69, 9.17) is 0 Å². The Kier molecular flexibility index (Phi) is 3.13. The number of hydrogen-bond donors (Lipinski definition) is 1. The number of rotatable bonds is 1. The molecule has 0 spiro atoms. The third-order valence-corrected chi connectivity index (χ3v) is 3.13. The van der Waals surface area contributed by atoms with Crippen molar-refractivity contribution in [2.45, 2.75) is 25.4 Å². The minimum absolute atomic E-state index is 0.219. The van der Waals surface area contributed by atoms with Crippen LogP contribution >= 0.6 is 0 Å². The normalized spacial score (nSPS) is 24.2. The van der Waals surface area contributed by atoms with Crippen LogP contribution in [0.1, 0.15) is 12.5 Å². The number of aliphatic hydroxyl groups is 1. The van der Waals surface area contributed by atoms with Gasteiger partial charge in [0.05, 0.1) is 11.6 Å². The van der Waals surface area contributed by atoms with Gasteiger partial charge in [-0.15, -0.1) is 0 Å². The van der Waals surface area contributed by atoms with Gasteiger partial charge in [0.25, 0.3) is 0 Å². The minimum Gasteiger partial charge on any atom is -0.371 e. The third kappa shape index (κ3) is 2.23. The van der Waals surface area contributed by atoms with Gasteiger partial charge < -0.3 is 10.0 Å². The van der Waals surface area contributed by atoms with E-state index in [1.807, 2.05) is 0 Å². The van der Waals surface area contributed by atoms with Crippen molar-refractivity contribution in [2.75, 3.05) is 11.9 Å². The first-order chi connectivity index (χ1) is 8.73. The number of hydrogen-bond acceptors (Lipinski definition) is 3. The molecule has 19 heavy (non-hydrogen) atoms. The molecule has 2 rings (SSSR count). The van der Waals surface area contributed by atoms with Gasteiger partial charge in [-0.05, 0) is 19.1 Å². The Morgan fingerprint density at radius 3 is 2.53 bits per heavy atom. The number of carbonyl (C=O) groups is 1. The Hall–Kier alpha value is -1.83. The second kappa shape index (κ2) is 4.37. The SMILES string of the molecule is C[C@H]1[C@@H](O)N(c2cc(C(F)(F)F)ccn2)C(=O)N1C. The maximum Gasteiger partial charge on any atom is 0.416 e. The van der Waals surface area contributed by atoms with E-state index in [0.717, 1.165) is 23.2 Å². The molecule has 1 aromatic rings. The van der Waals surface area contributed by atoms with Crippen molar-refractivity contribution in [2.24, 2.45) is 0 Å². The van der Waals surface area contributed by atoms with Crippen LogP contribution in [0.2, 0.25) is 0 Å². The van der Waals surface area contributed by atoms with Crippen molar-refractivity contribution in [3.05, 3.63) is 23.9 Å². The fourth-order valence-electron chi connectivity index (χ4n) is 1.83. The molecule has 0 radical (unpaired) electrons. The van der Waals surface area contributed by atoms with Crippen molar-refractivity contribution in [1.82, 2.24) is 9.88 Å². The van der Waals surface area contributed by atoms with Gasteiger partial charge in [0, 0.05) is 13.2 Å². The minimum atomic E-state index is -4.52. The van der Waals surface area contributed by atoms with Gasteiger partial charge in [-0.25, -0.2) is 14.7 Å². The van der Waals surface area contributed by atoms with Crippen molar-refractivity contribution in [3.8, 4) is 0 Å². The summed E-state index contributed by atoms with van der Waals surface area (Å²) < 4.78 is 37.8. The van der Waals surface area contributed by atoms with Crippen LogP contribution in [0.15, 0.2) is 18.3 Å². The van der Waals surface area contributed by atoms with Crippen molar-refractivity contribution >= 4 is 11.8 Å². The molecule has 5 nitrogen and oxygen atoms in total. The molecule has 0 bridgehead atoms. The highest BCUT2D eigenvalue weighted by atomic mass is 19.4. The molecule has 1 aliphatic rings. The van der Waals surface area contributed by atoms with Gasteiger partial charge in [0.15, 0.2) is 6.23 Å². The Morgan fingerprint density at radius 1 is 1.42 bits per heavy atom. The van der Waals surface area contributed by atoms with Crippen LogP contribution in [0.5, 0.6) is 0 Å². The van der Waals surface area contributed by atoms with E-state index >= 15 is 0 Å². The summed E-state index contributed by atoms with van der Waals surface area (Å²) in [6, 6.07) is 0.437. The first kappa shape index (κ1) is 13.6. The first-order valence-electron chi connectivity index (χ1n) is 5.51. The standard InChI is InChI=1S/C11H12F3N3O2/c1-6-9(18)17(10(19)16(6)2)8-5-7(3-4-15-8)11(12,13)14/h3-6,9,18H,1-2H3/t6-,9+/m0/s1. The first-order valence-corrected chi connectivity index (χ1v) is 5.51. The number of aromatic nitrogens is 1. The van der Waals surface area contributed by atoms with Crippen LogP contribution in [0.3, 0.4) is 0 Å². The predicted molar refractivity (Wildman–Crippen MR) is 60.3 cm³/mol. The molecular weight excluding hydrogens is 263 g/mol. The monoisotopic (exact) mass is 275 g/mol. The largest absolute Gasteiger partial charge is 0.416 e. The Balaban J connectivity index is 2.40. The number of urea groups is 1. The molecule has 8 heteroatoms. The van der Waals surface area contributed by atoms with Crippen molar-refractivity contribution < 1.29 is 23.1 Å². The van der Waals surface area contributed by atoms with E-state index in [1.54, 1.807) is 6.92 Å². The summed E-state index contributed by atoms with van der Waals surface area (Å²) in [5.74, 6) is -0.219. The number of nitrogens with zero attached hydrogens (tertiary/aromatic N) is 3. The average molecular weight is 275 g/mol. The van der Waals surface area contributed by atoms with Gasteiger partial charge in [0.1, 0.15) is 5.82 Å². The lowest BCUT2D eigenvalue weighted by molar-refractivity contribution is -0.137. The number of likely N-dealkylation sites (N-methyl/N-ethyl adjacent to an activating group) is 1. The molecule has 104 valence electrons. The number of anilines is 1. The lowest BCUT2D eigenvalue weighted by Crippen LogP contribution is -2.36. The van der Waals surface area contributed by atoms with Crippen LogP contribution in [0.25, 0.3) is 0 Å². The van der Waals surface area contributed by atoms with Crippen molar-refractivity contribution in [3.63, 3.8) is 0 Å². The molecule has 2 amide bonds. The number of aliphatic hydroxyl groups excluding tert-OH is 1. The van der Waals surface area contributed by atoms with Gasteiger partial charge >= 0.3 is 12.2 Å². The molecule has 0 aliphatic carbocycles. The van der Waals surface area contributed by atoms with Crippen LogP contribution in [-0.4, -0.2) is 40.3 Å². The molecule has 0 unspecified atom stereocenters. The highest BCUT2D eigenvalue weighted by Gasteiger charge is 2.42. The fraction of sp³-hybridized carbons (Fsp3) is 0.455. The molecular formula is C11H12F3N3O2. The molecule has 0 saturated carbocycles. The average Bonchev–Trinajstić information content (AvgIpc) is 2.53. The van der Waals surface area contributed by atoms with E-state index in [-0.39, 0.29) is 5.82 Å². The summed E-state index contributed by atoms with van der Waals surface area (Å²) in [5, 5.41) is 9.89. The number of pyridine rings is 1. The lowest BCUT2D eigenvalue weighted by atomic mass is 10.2. The van der Waals surface area contributed by atoms with E-state index in [9.17, 15) is 23.1 Å². The molecule has 1 aliphatic heterocycles. The van der Waals surface area contributed by atoms with Gasteiger partial charge in [-0.2, -0.15) is 13.2 Å². The summed E-state index contributed by atoms with van der Waals surface area (Å²) >= 11 is 0. The Labute approximate surface area is 107 Å². The fourth-order valence-corrected chi connectivity index (χ4v) is 1.83. The number of amides is 2. The molecule has 1 fully saturated rings. The van der Waals surface area contributed by atoms with Crippen LogP contribution in [0, 0.1) is 0 Å². The van der Waals surface area contributed by atoms with E-state index in [2.05, 4.69) is 4.98 Å². The highest BCUT2D eigenvalue weighted by Crippen LogP contribution is 2.32. The Bertz CT molecular complexity index is 506. The summed E-state index contributed by atoms with van der Waals surface area (Å²) in [7, 11) is 1.46.